The minimum absolute atomic E-state index is 0.285. The van der Waals surface area contributed by atoms with Gasteiger partial charge in [0.2, 0.25) is 0 Å². The number of rotatable bonds is 10. The van der Waals surface area contributed by atoms with E-state index in [4.69, 9.17) is 18.9 Å². The molecule has 148 valence electrons. The normalized spacial score (nSPS) is 10.9. The fraction of sp³-hybridized carbons (Fsp3) is 0.261. The van der Waals surface area contributed by atoms with Gasteiger partial charge in [-0.15, -0.1) is 0 Å². The van der Waals surface area contributed by atoms with E-state index in [9.17, 15) is 4.79 Å². The van der Waals surface area contributed by atoms with Gasteiger partial charge in [-0.05, 0) is 35.4 Å². The van der Waals surface area contributed by atoms with E-state index in [2.05, 4.69) is 0 Å². The maximum absolute atomic E-state index is 11.5. The van der Waals surface area contributed by atoms with Crippen LogP contribution in [0.25, 0.3) is 12.2 Å². The first kappa shape index (κ1) is 21.1. The van der Waals surface area contributed by atoms with Gasteiger partial charge in [-0.1, -0.05) is 48.6 Å². The Bertz CT molecular complexity index is 695. The predicted octanol–water partition coefficient (Wildman–Crippen LogP) is 5.36. The van der Waals surface area contributed by atoms with Gasteiger partial charge in [0.1, 0.15) is 11.5 Å². The molecule has 2 aromatic carbocycles. The maximum Gasteiger partial charge on any atom is 0.508 e. The number of methoxy groups -OCH3 is 2. The van der Waals surface area contributed by atoms with Gasteiger partial charge in [-0.25, -0.2) is 4.79 Å². The topological polar surface area (TPSA) is 54.0 Å². The van der Waals surface area contributed by atoms with Crippen LogP contribution in [0.2, 0.25) is 0 Å². The summed E-state index contributed by atoms with van der Waals surface area (Å²) in [4.78, 5) is 11.5. The maximum atomic E-state index is 11.5. The summed E-state index contributed by atoms with van der Waals surface area (Å²) in [5, 5.41) is 0. The Balaban J connectivity index is 1.55. The van der Waals surface area contributed by atoms with Crippen LogP contribution in [0.4, 0.5) is 4.79 Å². The fourth-order valence-corrected chi connectivity index (χ4v) is 2.33. The number of hydrogen-bond acceptors (Lipinski definition) is 5. The van der Waals surface area contributed by atoms with Crippen LogP contribution in [0.1, 0.15) is 24.0 Å². The monoisotopic (exact) mass is 382 g/mol. The van der Waals surface area contributed by atoms with Crippen LogP contribution in [-0.2, 0) is 9.47 Å². The zero-order valence-corrected chi connectivity index (χ0v) is 16.3. The molecule has 0 fully saturated rings. The third-order valence-electron chi connectivity index (χ3n) is 3.86. The molecule has 0 unspecified atom stereocenters. The van der Waals surface area contributed by atoms with Crippen molar-refractivity contribution in [3.05, 3.63) is 71.8 Å². The van der Waals surface area contributed by atoms with E-state index in [1.54, 1.807) is 14.2 Å². The molecule has 0 aliphatic carbocycles. The van der Waals surface area contributed by atoms with E-state index >= 15 is 0 Å². The molecule has 0 heterocycles. The molecule has 5 heteroatoms. The third kappa shape index (κ3) is 7.99. The van der Waals surface area contributed by atoms with Crippen LogP contribution in [0.3, 0.4) is 0 Å². The molecule has 0 radical (unpaired) electrons. The van der Waals surface area contributed by atoms with Crippen molar-refractivity contribution in [2.24, 2.45) is 0 Å². The molecule has 28 heavy (non-hydrogen) atoms. The molecule has 0 aromatic heterocycles. The Morgan fingerprint density at radius 1 is 0.714 bits per heavy atom. The largest absolute Gasteiger partial charge is 0.508 e. The van der Waals surface area contributed by atoms with Crippen LogP contribution in [0.15, 0.2) is 60.7 Å². The molecule has 0 aliphatic rings. The highest BCUT2D eigenvalue weighted by molar-refractivity contribution is 5.60. The lowest BCUT2D eigenvalue weighted by Crippen LogP contribution is -2.08. The molecule has 0 spiro atoms. The number of ether oxygens (including phenoxy) is 4. The molecule has 0 aliphatic heterocycles. The molecule has 0 saturated carbocycles. The van der Waals surface area contributed by atoms with Gasteiger partial charge in [0.15, 0.2) is 0 Å². The first-order chi connectivity index (χ1) is 13.7. The molecule has 0 amide bonds. The zero-order valence-electron chi connectivity index (χ0n) is 16.3. The first-order valence-electron chi connectivity index (χ1n) is 9.12. The molecule has 0 bridgehead atoms. The number of hydrogen-bond donors (Lipinski definition) is 0. The number of carbonyl (C=O) groups excluding carboxylic acids is 1. The van der Waals surface area contributed by atoms with E-state index < -0.39 is 6.16 Å². The van der Waals surface area contributed by atoms with Gasteiger partial charge in [0.05, 0.1) is 27.4 Å². The van der Waals surface area contributed by atoms with Crippen molar-refractivity contribution in [2.45, 2.75) is 12.8 Å². The molecule has 0 saturated heterocycles. The van der Waals surface area contributed by atoms with E-state index in [-0.39, 0.29) is 13.2 Å². The lowest BCUT2D eigenvalue weighted by Gasteiger charge is -2.04. The van der Waals surface area contributed by atoms with Gasteiger partial charge in [0.25, 0.3) is 0 Å². The van der Waals surface area contributed by atoms with Crippen LogP contribution < -0.4 is 9.47 Å². The predicted molar refractivity (Wildman–Crippen MR) is 111 cm³/mol. The van der Waals surface area contributed by atoms with E-state index in [1.807, 2.05) is 72.8 Å². The van der Waals surface area contributed by atoms with Crippen molar-refractivity contribution < 1.29 is 23.7 Å². The summed E-state index contributed by atoms with van der Waals surface area (Å²) >= 11 is 0. The first-order valence-corrected chi connectivity index (χ1v) is 9.12. The van der Waals surface area contributed by atoms with Gasteiger partial charge >= 0.3 is 6.16 Å². The average Bonchev–Trinajstić information content (AvgIpc) is 2.74. The second kappa shape index (κ2) is 12.2. The quantitative estimate of drug-likeness (QED) is 0.409. The van der Waals surface area contributed by atoms with Crippen molar-refractivity contribution in [3.8, 4) is 11.5 Å². The van der Waals surface area contributed by atoms with Gasteiger partial charge < -0.3 is 18.9 Å². The Hall–Kier alpha value is -3.21. The van der Waals surface area contributed by atoms with E-state index in [0.717, 1.165) is 22.6 Å². The van der Waals surface area contributed by atoms with Crippen molar-refractivity contribution >= 4 is 18.3 Å². The van der Waals surface area contributed by atoms with Gasteiger partial charge in [-0.2, -0.15) is 0 Å². The fourth-order valence-electron chi connectivity index (χ4n) is 2.33. The second-order valence-electron chi connectivity index (χ2n) is 5.88. The lowest BCUT2D eigenvalue weighted by atomic mass is 10.2. The summed E-state index contributed by atoms with van der Waals surface area (Å²) in [6.07, 6.45) is 8.45. The highest BCUT2D eigenvalue weighted by Crippen LogP contribution is 2.13. The number of carbonyl (C=O) groups is 1. The minimum Gasteiger partial charge on any atom is -0.497 e. The Labute approximate surface area is 166 Å². The van der Waals surface area contributed by atoms with Crippen LogP contribution in [0.5, 0.6) is 11.5 Å². The SMILES string of the molecule is COc1ccc(/C=C/CCOC(=O)OCC/C=C/c2ccc(OC)cc2)cc1. The van der Waals surface area contributed by atoms with Gasteiger partial charge in [-0.3, -0.25) is 0 Å². The second-order valence-corrected chi connectivity index (χ2v) is 5.88. The van der Waals surface area contributed by atoms with Crippen molar-refractivity contribution in [3.63, 3.8) is 0 Å². The van der Waals surface area contributed by atoms with Crippen molar-refractivity contribution in [1.29, 1.82) is 0 Å². The van der Waals surface area contributed by atoms with Crippen LogP contribution in [0, 0.1) is 0 Å². The van der Waals surface area contributed by atoms with E-state index in [1.165, 1.54) is 0 Å². The van der Waals surface area contributed by atoms with Crippen molar-refractivity contribution in [2.75, 3.05) is 27.4 Å². The standard InChI is InChI=1S/C23H26O5/c1-25-21-13-9-19(10-14-21)7-3-5-17-27-23(24)28-18-6-4-8-20-11-15-22(26-2)16-12-20/h3-4,7-16H,5-6,17-18H2,1-2H3/b7-3+,8-4+. The lowest BCUT2D eigenvalue weighted by molar-refractivity contribution is 0.0578. The summed E-state index contributed by atoms with van der Waals surface area (Å²) in [6.45, 7) is 0.570. The summed E-state index contributed by atoms with van der Waals surface area (Å²) in [6, 6.07) is 15.4. The molecule has 0 N–H and O–H groups in total. The molecular weight excluding hydrogens is 356 g/mol. The Morgan fingerprint density at radius 3 is 1.46 bits per heavy atom. The summed E-state index contributed by atoms with van der Waals surface area (Å²) in [5.41, 5.74) is 2.12. The molecule has 2 rings (SSSR count). The summed E-state index contributed by atoms with van der Waals surface area (Å²) in [5.74, 6) is 1.64. The highest BCUT2D eigenvalue weighted by Gasteiger charge is 2.01. The van der Waals surface area contributed by atoms with Crippen molar-refractivity contribution in [1.82, 2.24) is 0 Å². The van der Waals surface area contributed by atoms with Crippen LogP contribution in [-0.4, -0.2) is 33.6 Å². The zero-order chi connectivity index (χ0) is 20.0. The highest BCUT2D eigenvalue weighted by atomic mass is 16.7. The summed E-state index contributed by atoms with van der Waals surface area (Å²) in [7, 11) is 3.27. The number of benzene rings is 2. The molecule has 0 atom stereocenters. The van der Waals surface area contributed by atoms with Crippen LogP contribution >= 0.6 is 0 Å². The summed E-state index contributed by atoms with van der Waals surface area (Å²) < 4.78 is 20.3. The average molecular weight is 382 g/mol. The molecule has 5 nitrogen and oxygen atoms in total. The molecule has 2 aromatic rings. The van der Waals surface area contributed by atoms with E-state index in [0.29, 0.717) is 12.8 Å². The Kier molecular flexibility index (Phi) is 9.21. The Morgan fingerprint density at radius 2 is 1.11 bits per heavy atom. The minimum atomic E-state index is -0.643. The molecular formula is C23H26O5. The smallest absolute Gasteiger partial charge is 0.497 e. The van der Waals surface area contributed by atoms with Gasteiger partial charge in [0, 0.05) is 12.8 Å². The third-order valence-corrected chi connectivity index (χ3v) is 3.86.